The van der Waals surface area contributed by atoms with Crippen LogP contribution in [0.25, 0.3) is 5.95 Å². The predicted molar refractivity (Wildman–Crippen MR) is 138 cm³/mol. The van der Waals surface area contributed by atoms with Gasteiger partial charge in [-0.3, -0.25) is 0 Å². The van der Waals surface area contributed by atoms with E-state index in [4.69, 9.17) is 14.2 Å². The molecule has 11 nitrogen and oxygen atoms in total. The molecule has 4 aromatic rings. The van der Waals surface area contributed by atoms with E-state index in [1.54, 1.807) is 44.4 Å². The van der Waals surface area contributed by atoms with Gasteiger partial charge in [-0.1, -0.05) is 17.7 Å². The topological polar surface area (TPSA) is 121 Å². The van der Waals surface area contributed by atoms with Crippen molar-refractivity contribution in [2.75, 3.05) is 32.1 Å². The zero-order chi connectivity index (χ0) is 25.7. The van der Waals surface area contributed by atoms with Gasteiger partial charge in [0.1, 0.15) is 0 Å². The van der Waals surface area contributed by atoms with Gasteiger partial charge in [0, 0.05) is 16.9 Å². The van der Waals surface area contributed by atoms with Crippen molar-refractivity contribution in [3.63, 3.8) is 0 Å². The van der Waals surface area contributed by atoms with E-state index in [9.17, 15) is 0 Å². The second-order valence-electron chi connectivity index (χ2n) is 7.94. The van der Waals surface area contributed by atoms with Crippen LogP contribution >= 0.6 is 0 Å². The van der Waals surface area contributed by atoms with Crippen LogP contribution in [0.15, 0.2) is 47.6 Å². The highest BCUT2D eigenvalue weighted by Gasteiger charge is 2.14. The van der Waals surface area contributed by atoms with Crippen LogP contribution in [0.5, 0.6) is 17.2 Å². The van der Waals surface area contributed by atoms with E-state index in [1.165, 1.54) is 0 Å². The average Bonchev–Trinajstić information content (AvgIpc) is 3.22. The Morgan fingerprint density at radius 2 is 1.50 bits per heavy atom. The summed E-state index contributed by atoms with van der Waals surface area (Å²) in [5.74, 6) is 2.50. The Hall–Kier alpha value is -4.67. The summed E-state index contributed by atoms with van der Waals surface area (Å²) in [6.45, 7) is 5.88. The molecule has 2 aromatic carbocycles. The zero-order valence-electron chi connectivity index (χ0n) is 21.0. The molecule has 0 aliphatic rings. The van der Waals surface area contributed by atoms with Crippen molar-refractivity contribution in [3.05, 3.63) is 65.0 Å². The number of rotatable bonds is 9. The first-order valence-electron chi connectivity index (χ1n) is 11.1. The van der Waals surface area contributed by atoms with E-state index in [0.717, 1.165) is 28.2 Å². The Morgan fingerprint density at radius 3 is 2.08 bits per heavy atom. The largest absolute Gasteiger partial charge is 0.493 e. The number of methoxy groups -OCH3 is 3. The van der Waals surface area contributed by atoms with Crippen LogP contribution in [0.1, 0.15) is 22.5 Å². The van der Waals surface area contributed by atoms with Gasteiger partial charge in [0.05, 0.1) is 33.2 Å². The second kappa shape index (κ2) is 10.7. The number of hydrogen-bond donors (Lipinski definition) is 2. The van der Waals surface area contributed by atoms with Gasteiger partial charge in [0.25, 0.3) is 5.95 Å². The van der Waals surface area contributed by atoms with Crippen LogP contribution in [0.4, 0.5) is 17.6 Å². The lowest BCUT2D eigenvalue weighted by Gasteiger charge is -2.12. The van der Waals surface area contributed by atoms with E-state index in [2.05, 4.69) is 35.9 Å². The van der Waals surface area contributed by atoms with E-state index in [-0.39, 0.29) is 5.95 Å². The van der Waals surface area contributed by atoms with Crippen LogP contribution in [0.3, 0.4) is 0 Å². The van der Waals surface area contributed by atoms with Gasteiger partial charge in [-0.2, -0.15) is 25.2 Å². The number of benzene rings is 2. The molecule has 186 valence electrons. The number of aromatic nitrogens is 5. The maximum atomic E-state index is 5.40. The first kappa shape index (κ1) is 24.5. The molecule has 0 saturated carbocycles. The van der Waals surface area contributed by atoms with Crippen molar-refractivity contribution in [3.8, 4) is 23.2 Å². The molecule has 0 radical (unpaired) electrons. The summed E-state index contributed by atoms with van der Waals surface area (Å²) in [4.78, 5) is 13.5. The highest BCUT2D eigenvalue weighted by molar-refractivity contribution is 5.83. The van der Waals surface area contributed by atoms with Gasteiger partial charge in [-0.15, -0.1) is 0 Å². The fourth-order valence-electron chi connectivity index (χ4n) is 3.50. The van der Waals surface area contributed by atoms with Crippen molar-refractivity contribution in [1.82, 2.24) is 24.7 Å². The molecule has 0 aliphatic carbocycles. The van der Waals surface area contributed by atoms with Crippen molar-refractivity contribution < 1.29 is 14.2 Å². The Bertz CT molecular complexity index is 1360. The summed E-state index contributed by atoms with van der Waals surface area (Å²) in [6.07, 6.45) is 1.60. The van der Waals surface area contributed by atoms with Gasteiger partial charge in [-0.05, 0) is 51.1 Å². The summed E-state index contributed by atoms with van der Waals surface area (Å²) in [5.41, 5.74) is 7.36. The van der Waals surface area contributed by atoms with Crippen LogP contribution < -0.4 is 25.0 Å². The molecule has 0 unspecified atom stereocenters. The summed E-state index contributed by atoms with van der Waals surface area (Å²) in [7, 11) is 4.67. The summed E-state index contributed by atoms with van der Waals surface area (Å²) < 4.78 is 17.8. The van der Waals surface area contributed by atoms with Gasteiger partial charge < -0.3 is 19.5 Å². The highest BCUT2D eigenvalue weighted by Crippen LogP contribution is 2.37. The minimum Gasteiger partial charge on any atom is -0.493 e. The third-order valence-electron chi connectivity index (χ3n) is 5.20. The van der Waals surface area contributed by atoms with Crippen molar-refractivity contribution in [1.29, 1.82) is 0 Å². The molecule has 0 fully saturated rings. The predicted octanol–water partition coefficient (Wildman–Crippen LogP) is 4.20. The molecule has 2 heterocycles. The molecule has 36 heavy (non-hydrogen) atoms. The molecular formula is C25H28N8O3. The summed E-state index contributed by atoms with van der Waals surface area (Å²) >= 11 is 0. The number of nitrogens with zero attached hydrogens (tertiary/aromatic N) is 6. The Balaban J connectivity index is 1.65. The Morgan fingerprint density at radius 1 is 0.833 bits per heavy atom. The minimum absolute atomic E-state index is 0.242. The van der Waals surface area contributed by atoms with Crippen LogP contribution in [-0.2, 0) is 0 Å². The summed E-state index contributed by atoms with van der Waals surface area (Å²) in [6, 6.07) is 13.4. The number of hydrazone groups is 1. The van der Waals surface area contributed by atoms with E-state index in [0.29, 0.717) is 29.1 Å². The molecule has 11 heteroatoms. The van der Waals surface area contributed by atoms with Gasteiger partial charge >= 0.3 is 0 Å². The second-order valence-corrected chi connectivity index (χ2v) is 7.94. The number of nitrogens with one attached hydrogen (secondary N) is 2. The van der Waals surface area contributed by atoms with Crippen LogP contribution in [-0.4, -0.2) is 52.3 Å². The number of ether oxygens (including phenoxy) is 3. The lowest BCUT2D eigenvalue weighted by atomic mass is 10.2. The van der Waals surface area contributed by atoms with Crippen molar-refractivity contribution in [2.45, 2.75) is 20.8 Å². The van der Waals surface area contributed by atoms with Crippen molar-refractivity contribution in [2.24, 2.45) is 5.10 Å². The molecule has 4 rings (SSSR count). The highest BCUT2D eigenvalue weighted by atomic mass is 16.5. The number of hydrogen-bond acceptors (Lipinski definition) is 10. The minimum atomic E-state index is 0.242. The zero-order valence-corrected chi connectivity index (χ0v) is 21.0. The van der Waals surface area contributed by atoms with E-state index < -0.39 is 0 Å². The molecular weight excluding hydrogens is 460 g/mol. The number of anilines is 3. The summed E-state index contributed by atoms with van der Waals surface area (Å²) in [5, 5.41) is 12.0. The molecule has 2 N–H and O–H groups in total. The third kappa shape index (κ3) is 5.52. The van der Waals surface area contributed by atoms with Crippen molar-refractivity contribution >= 4 is 23.8 Å². The lowest BCUT2D eigenvalue weighted by Crippen LogP contribution is -2.11. The fourth-order valence-corrected chi connectivity index (χ4v) is 3.50. The van der Waals surface area contributed by atoms with Crippen LogP contribution in [0, 0.1) is 20.8 Å². The van der Waals surface area contributed by atoms with Gasteiger partial charge in [0.15, 0.2) is 11.5 Å². The number of aryl methyl sites for hydroxylation is 3. The molecule has 0 aliphatic heterocycles. The normalized spacial score (nSPS) is 10.9. The third-order valence-corrected chi connectivity index (χ3v) is 5.20. The SMILES string of the molecule is COc1cc(/C=N/Nc2nc(Nc3ccc(C)cc3)nc(-n3nc(C)cc3C)n2)cc(OC)c1OC. The molecule has 0 atom stereocenters. The molecule has 0 saturated heterocycles. The molecule has 0 amide bonds. The Labute approximate surface area is 209 Å². The Kier molecular flexibility index (Phi) is 7.28. The molecule has 2 aromatic heterocycles. The molecule has 0 spiro atoms. The van der Waals surface area contributed by atoms with Gasteiger partial charge in [0.2, 0.25) is 17.6 Å². The van der Waals surface area contributed by atoms with Crippen LogP contribution in [0.2, 0.25) is 0 Å². The standard InChI is InChI=1S/C25H28N8O3/c1-15-7-9-19(10-8-15)27-23-28-24(30-25(29-23)33-17(3)11-16(2)32-33)31-26-14-18-12-20(34-4)22(36-6)21(13-18)35-5/h7-14H,1-6H3,(H2,27,28,29,30,31)/b26-14+. The fraction of sp³-hybridized carbons (Fsp3) is 0.240. The van der Waals surface area contributed by atoms with Gasteiger partial charge in [-0.25, -0.2) is 10.1 Å². The van der Waals surface area contributed by atoms with E-state index >= 15 is 0 Å². The van der Waals surface area contributed by atoms with E-state index in [1.807, 2.05) is 51.1 Å². The quantitative estimate of drug-likeness (QED) is 0.264. The average molecular weight is 489 g/mol. The smallest absolute Gasteiger partial charge is 0.257 e. The monoisotopic (exact) mass is 488 g/mol. The maximum absolute atomic E-state index is 5.40. The maximum Gasteiger partial charge on any atom is 0.257 e. The first-order chi connectivity index (χ1) is 17.4. The lowest BCUT2D eigenvalue weighted by molar-refractivity contribution is 0.324. The molecule has 0 bridgehead atoms. The first-order valence-corrected chi connectivity index (χ1v) is 11.1.